The fourth-order valence-electron chi connectivity index (χ4n) is 3.89. The molecule has 182 valence electrons. The van der Waals surface area contributed by atoms with Gasteiger partial charge < -0.3 is 10.3 Å². The standard InChI is InChI=1S/C27H30N4O3S/c1-16(2)12-29-25(33)18-9-10-20-23(11-18)30-27(31(26(20)34)14-17(3)4)35-15-24(32)21-13-28-22-8-6-5-7-19(21)22/h5-11,13,16-17,28H,12,14-15H2,1-4H3,(H,29,33). The van der Waals surface area contributed by atoms with Crippen LogP contribution in [-0.4, -0.2) is 38.5 Å². The van der Waals surface area contributed by atoms with Crippen molar-refractivity contribution in [2.24, 2.45) is 11.8 Å². The number of carbonyl (C=O) groups excluding carboxylic acids is 2. The van der Waals surface area contributed by atoms with Crippen LogP contribution in [0.2, 0.25) is 0 Å². The molecule has 0 saturated heterocycles. The third kappa shape index (κ3) is 5.48. The van der Waals surface area contributed by atoms with Crippen LogP contribution in [0.4, 0.5) is 0 Å². The minimum absolute atomic E-state index is 0.0419. The van der Waals surface area contributed by atoms with Crippen LogP contribution in [0, 0.1) is 11.8 Å². The average molecular weight is 491 g/mol. The van der Waals surface area contributed by atoms with E-state index < -0.39 is 0 Å². The van der Waals surface area contributed by atoms with Crippen LogP contribution in [0.25, 0.3) is 21.8 Å². The largest absolute Gasteiger partial charge is 0.360 e. The molecule has 0 aliphatic rings. The molecule has 0 aliphatic carbocycles. The molecule has 2 aromatic heterocycles. The Morgan fingerprint density at radius 1 is 1.06 bits per heavy atom. The maximum Gasteiger partial charge on any atom is 0.262 e. The van der Waals surface area contributed by atoms with Crippen molar-refractivity contribution in [3.63, 3.8) is 0 Å². The van der Waals surface area contributed by atoms with Crippen molar-refractivity contribution in [2.45, 2.75) is 39.4 Å². The van der Waals surface area contributed by atoms with E-state index in [4.69, 9.17) is 4.98 Å². The molecule has 2 N–H and O–H groups in total. The zero-order chi connectivity index (χ0) is 25.1. The van der Waals surface area contributed by atoms with E-state index in [1.54, 1.807) is 29.0 Å². The highest BCUT2D eigenvalue weighted by Gasteiger charge is 2.18. The molecular formula is C27H30N4O3S. The number of ketones is 1. The molecular weight excluding hydrogens is 460 g/mol. The van der Waals surface area contributed by atoms with Crippen LogP contribution in [-0.2, 0) is 6.54 Å². The van der Waals surface area contributed by atoms with Gasteiger partial charge in [0.15, 0.2) is 10.9 Å². The fourth-order valence-corrected chi connectivity index (χ4v) is 4.78. The highest BCUT2D eigenvalue weighted by Crippen LogP contribution is 2.24. The van der Waals surface area contributed by atoms with E-state index in [2.05, 4.69) is 10.3 Å². The van der Waals surface area contributed by atoms with Gasteiger partial charge in [0.1, 0.15) is 0 Å². The van der Waals surface area contributed by atoms with Crippen LogP contribution in [0.15, 0.2) is 58.6 Å². The molecule has 7 nitrogen and oxygen atoms in total. The van der Waals surface area contributed by atoms with Crippen molar-refractivity contribution in [3.8, 4) is 0 Å². The first-order valence-corrected chi connectivity index (χ1v) is 12.8. The second kappa shape index (κ2) is 10.5. The summed E-state index contributed by atoms with van der Waals surface area (Å²) in [6.07, 6.45) is 1.73. The molecule has 2 heterocycles. The summed E-state index contributed by atoms with van der Waals surface area (Å²) >= 11 is 1.25. The molecule has 4 rings (SSSR count). The first kappa shape index (κ1) is 24.7. The van der Waals surface area contributed by atoms with Gasteiger partial charge >= 0.3 is 0 Å². The number of fused-ring (bicyclic) bond motifs is 2. The highest BCUT2D eigenvalue weighted by molar-refractivity contribution is 7.99. The van der Waals surface area contributed by atoms with Gasteiger partial charge in [-0.3, -0.25) is 19.0 Å². The van der Waals surface area contributed by atoms with Crippen molar-refractivity contribution in [1.29, 1.82) is 0 Å². The maximum atomic E-state index is 13.3. The molecule has 0 fully saturated rings. The number of thioether (sulfide) groups is 1. The van der Waals surface area contributed by atoms with Crippen molar-refractivity contribution in [3.05, 3.63) is 70.1 Å². The van der Waals surface area contributed by atoms with Crippen molar-refractivity contribution >= 4 is 45.3 Å². The monoisotopic (exact) mass is 490 g/mol. The van der Waals surface area contributed by atoms with Crippen LogP contribution < -0.4 is 10.9 Å². The number of aromatic amines is 1. The van der Waals surface area contributed by atoms with E-state index in [0.717, 1.165) is 10.9 Å². The third-order valence-electron chi connectivity index (χ3n) is 5.62. The molecule has 0 saturated carbocycles. The Kier molecular flexibility index (Phi) is 7.40. The summed E-state index contributed by atoms with van der Waals surface area (Å²) in [4.78, 5) is 46.8. The Bertz CT molecular complexity index is 1450. The predicted octanol–water partition coefficient (Wildman–Crippen LogP) is 4.89. The van der Waals surface area contributed by atoms with Gasteiger partial charge in [0.2, 0.25) is 0 Å². The molecule has 1 amide bonds. The summed E-state index contributed by atoms with van der Waals surface area (Å²) in [5, 5.41) is 4.71. The fraction of sp³-hybridized carbons (Fsp3) is 0.333. The van der Waals surface area contributed by atoms with E-state index in [1.165, 1.54) is 11.8 Å². The summed E-state index contributed by atoms with van der Waals surface area (Å²) in [5.41, 5.74) is 2.27. The Morgan fingerprint density at radius 3 is 2.57 bits per heavy atom. The zero-order valence-electron chi connectivity index (χ0n) is 20.4. The van der Waals surface area contributed by atoms with E-state index in [0.29, 0.717) is 46.2 Å². The molecule has 2 aromatic carbocycles. The SMILES string of the molecule is CC(C)CNC(=O)c1ccc2c(=O)n(CC(C)C)c(SCC(=O)c3c[nH]c4ccccc34)nc2c1. The molecule has 35 heavy (non-hydrogen) atoms. The number of nitrogens with one attached hydrogen (secondary N) is 2. The predicted molar refractivity (Wildman–Crippen MR) is 141 cm³/mol. The number of hydrogen-bond donors (Lipinski definition) is 2. The summed E-state index contributed by atoms with van der Waals surface area (Å²) < 4.78 is 1.64. The average Bonchev–Trinajstić information content (AvgIpc) is 3.26. The van der Waals surface area contributed by atoms with Crippen LogP contribution in [0.1, 0.15) is 48.4 Å². The molecule has 0 atom stereocenters. The number of Topliss-reactive ketones (excluding diaryl/α,β-unsaturated/α-hetero) is 1. The Hall–Kier alpha value is -3.39. The normalized spacial score (nSPS) is 11.6. The van der Waals surface area contributed by atoms with E-state index in [9.17, 15) is 14.4 Å². The summed E-state index contributed by atoms with van der Waals surface area (Å²) in [6, 6.07) is 12.6. The molecule has 0 bridgehead atoms. The van der Waals surface area contributed by atoms with E-state index >= 15 is 0 Å². The summed E-state index contributed by atoms with van der Waals surface area (Å²) in [5.74, 6) is 0.458. The number of aromatic nitrogens is 3. The smallest absolute Gasteiger partial charge is 0.262 e. The number of hydrogen-bond acceptors (Lipinski definition) is 5. The Balaban J connectivity index is 1.66. The zero-order valence-corrected chi connectivity index (χ0v) is 21.2. The first-order chi connectivity index (χ1) is 16.7. The first-order valence-electron chi connectivity index (χ1n) is 11.8. The number of rotatable bonds is 9. The van der Waals surface area contributed by atoms with Crippen LogP contribution in [0.3, 0.4) is 0 Å². The quantitative estimate of drug-likeness (QED) is 0.198. The van der Waals surface area contributed by atoms with Crippen molar-refractivity contribution in [1.82, 2.24) is 19.9 Å². The van der Waals surface area contributed by atoms with Gasteiger partial charge in [0.25, 0.3) is 11.5 Å². The molecule has 8 heteroatoms. The van der Waals surface area contributed by atoms with Gasteiger partial charge in [0.05, 0.1) is 16.7 Å². The minimum Gasteiger partial charge on any atom is -0.360 e. The Morgan fingerprint density at radius 2 is 1.83 bits per heavy atom. The van der Waals surface area contributed by atoms with Gasteiger partial charge in [-0.2, -0.15) is 0 Å². The summed E-state index contributed by atoms with van der Waals surface area (Å²) in [7, 11) is 0. The molecule has 4 aromatic rings. The number of para-hydroxylation sites is 1. The number of carbonyl (C=O) groups is 2. The van der Waals surface area contributed by atoms with Gasteiger partial charge in [0, 0.05) is 41.3 Å². The lowest BCUT2D eigenvalue weighted by Crippen LogP contribution is -2.28. The highest BCUT2D eigenvalue weighted by atomic mass is 32.2. The molecule has 0 spiro atoms. The lowest BCUT2D eigenvalue weighted by Gasteiger charge is -2.15. The van der Waals surface area contributed by atoms with Gasteiger partial charge in [-0.1, -0.05) is 57.7 Å². The second-order valence-corrected chi connectivity index (χ2v) is 10.4. The number of H-pyrrole nitrogens is 1. The van der Waals surface area contributed by atoms with Gasteiger partial charge in [-0.05, 0) is 36.1 Å². The molecule has 0 aliphatic heterocycles. The number of benzene rings is 2. The lowest BCUT2D eigenvalue weighted by atomic mass is 10.1. The van der Waals surface area contributed by atoms with Gasteiger partial charge in [-0.25, -0.2) is 4.98 Å². The number of nitrogens with zero attached hydrogens (tertiary/aromatic N) is 2. The number of amides is 1. The minimum atomic E-state index is -0.197. The summed E-state index contributed by atoms with van der Waals surface area (Å²) in [6.45, 7) is 9.18. The van der Waals surface area contributed by atoms with E-state index in [-0.39, 0.29) is 28.9 Å². The Labute approximate surface area is 208 Å². The molecule has 0 unspecified atom stereocenters. The van der Waals surface area contributed by atoms with Crippen molar-refractivity contribution in [2.75, 3.05) is 12.3 Å². The van der Waals surface area contributed by atoms with E-state index in [1.807, 2.05) is 52.0 Å². The molecule has 0 radical (unpaired) electrons. The van der Waals surface area contributed by atoms with Crippen LogP contribution in [0.5, 0.6) is 0 Å². The topological polar surface area (TPSA) is 96.9 Å². The second-order valence-electron chi connectivity index (χ2n) is 9.50. The maximum absolute atomic E-state index is 13.3. The lowest BCUT2D eigenvalue weighted by molar-refractivity contribution is 0.0948. The van der Waals surface area contributed by atoms with Gasteiger partial charge in [-0.15, -0.1) is 0 Å². The third-order valence-corrected chi connectivity index (χ3v) is 6.60. The van der Waals surface area contributed by atoms with Crippen LogP contribution >= 0.6 is 11.8 Å². The van der Waals surface area contributed by atoms with Crippen molar-refractivity contribution < 1.29 is 9.59 Å².